The first-order chi connectivity index (χ1) is 8.34. The van der Waals surface area contributed by atoms with Crippen LogP contribution in [0.25, 0.3) is 0 Å². The molecule has 0 fully saturated rings. The van der Waals surface area contributed by atoms with E-state index >= 15 is 0 Å². The first kappa shape index (κ1) is 14.9. The quantitative estimate of drug-likeness (QED) is 0.870. The molecule has 0 aromatic heterocycles. The van der Waals surface area contributed by atoms with Crippen LogP contribution in [0.15, 0.2) is 23.1 Å². The first-order valence-corrected chi connectivity index (χ1v) is 7.39. The van der Waals surface area contributed by atoms with Crippen LogP contribution in [0.1, 0.15) is 26.2 Å². The summed E-state index contributed by atoms with van der Waals surface area (Å²) in [4.78, 5) is 11.3. The number of anilines is 1. The van der Waals surface area contributed by atoms with Gasteiger partial charge in [0.25, 0.3) is 0 Å². The Labute approximate surface area is 111 Å². The maximum absolute atomic E-state index is 11.5. The van der Waals surface area contributed by atoms with Crippen LogP contribution in [-0.2, 0) is 14.8 Å². The van der Waals surface area contributed by atoms with Gasteiger partial charge in [-0.1, -0.05) is 24.9 Å². The molecular formula is C11H15ClN2O3S. The molecule has 0 heterocycles. The van der Waals surface area contributed by atoms with Crippen LogP contribution in [-0.4, -0.2) is 14.3 Å². The van der Waals surface area contributed by atoms with Crippen LogP contribution in [0.2, 0.25) is 5.02 Å². The summed E-state index contributed by atoms with van der Waals surface area (Å²) < 4.78 is 22.3. The molecule has 1 aromatic rings. The lowest BCUT2D eigenvalue weighted by Crippen LogP contribution is -2.14. The predicted molar refractivity (Wildman–Crippen MR) is 71.0 cm³/mol. The van der Waals surface area contributed by atoms with Gasteiger partial charge in [0.15, 0.2) is 0 Å². The highest BCUT2D eigenvalue weighted by molar-refractivity contribution is 7.89. The molecule has 1 amide bonds. The van der Waals surface area contributed by atoms with Crippen molar-refractivity contribution < 1.29 is 13.2 Å². The fourth-order valence-corrected chi connectivity index (χ4v) is 2.46. The van der Waals surface area contributed by atoms with Gasteiger partial charge in [0.05, 0.1) is 5.02 Å². The van der Waals surface area contributed by atoms with Crippen molar-refractivity contribution in [2.75, 3.05) is 5.32 Å². The van der Waals surface area contributed by atoms with Gasteiger partial charge in [0.2, 0.25) is 15.9 Å². The molecule has 3 N–H and O–H groups in total. The molecule has 0 radical (unpaired) electrons. The number of sulfonamides is 1. The highest BCUT2D eigenvalue weighted by Gasteiger charge is 2.13. The van der Waals surface area contributed by atoms with Crippen molar-refractivity contribution in [3.05, 3.63) is 23.2 Å². The molecule has 100 valence electrons. The Morgan fingerprint density at radius 3 is 2.61 bits per heavy atom. The summed E-state index contributed by atoms with van der Waals surface area (Å²) in [6, 6.07) is 4.09. The minimum Gasteiger partial charge on any atom is -0.326 e. The average Bonchev–Trinajstić information content (AvgIpc) is 2.24. The summed E-state index contributed by atoms with van der Waals surface area (Å²) in [7, 11) is -3.84. The van der Waals surface area contributed by atoms with Crippen molar-refractivity contribution in [2.24, 2.45) is 5.14 Å². The van der Waals surface area contributed by atoms with Gasteiger partial charge in [0.1, 0.15) is 4.90 Å². The van der Waals surface area contributed by atoms with Crippen molar-refractivity contribution in [1.82, 2.24) is 0 Å². The third-order valence-corrected chi connectivity index (χ3v) is 3.67. The van der Waals surface area contributed by atoms with Crippen molar-refractivity contribution >= 4 is 33.2 Å². The van der Waals surface area contributed by atoms with Crippen molar-refractivity contribution in [1.29, 1.82) is 0 Å². The molecule has 0 aliphatic heterocycles. The minimum absolute atomic E-state index is 0.00853. The van der Waals surface area contributed by atoms with E-state index in [4.69, 9.17) is 16.7 Å². The number of hydrogen-bond acceptors (Lipinski definition) is 3. The van der Waals surface area contributed by atoms with Crippen LogP contribution < -0.4 is 10.5 Å². The molecule has 1 aromatic carbocycles. The van der Waals surface area contributed by atoms with Crippen LogP contribution >= 0.6 is 11.6 Å². The summed E-state index contributed by atoms with van der Waals surface area (Å²) in [6.07, 6.45) is 2.15. The van der Waals surface area contributed by atoms with E-state index in [1.807, 2.05) is 6.92 Å². The summed E-state index contributed by atoms with van der Waals surface area (Å²) in [6.45, 7) is 1.99. The number of primary sulfonamides is 1. The second-order valence-corrected chi connectivity index (χ2v) is 5.78. The third-order valence-electron chi connectivity index (χ3n) is 2.28. The molecule has 5 nitrogen and oxygen atoms in total. The van der Waals surface area contributed by atoms with E-state index < -0.39 is 10.0 Å². The van der Waals surface area contributed by atoms with E-state index in [9.17, 15) is 13.2 Å². The zero-order chi connectivity index (χ0) is 13.8. The largest absolute Gasteiger partial charge is 0.326 e. The SMILES string of the molecule is CCCCC(=O)Nc1ccc(S(N)(=O)=O)c(Cl)c1. The molecule has 0 spiro atoms. The zero-order valence-corrected chi connectivity index (χ0v) is 11.5. The van der Waals surface area contributed by atoms with Crippen molar-refractivity contribution in [3.8, 4) is 0 Å². The normalized spacial score (nSPS) is 11.3. The maximum Gasteiger partial charge on any atom is 0.239 e. The Hall–Kier alpha value is -1.11. The Morgan fingerprint density at radius 2 is 2.11 bits per heavy atom. The lowest BCUT2D eigenvalue weighted by Gasteiger charge is -2.07. The maximum atomic E-state index is 11.5. The number of carbonyl (C=O) groups excluding carboxylic acids is 1. The smallest absolute Gasteiger partial charge is 0.239 e. The summed E-state index contributed by atoms with van der Waals surface area (Å²) in [5.74, 6) is -0.128. The van der Waals surface area contributed by atoms with Gasteiger partial charge in [0, 0.05) is 12.1 Å². The number of nitrogens with one attached hydrogen (secondary N) is 1. The topological polar surface area (TPSA) is 89.3 Å². The Bertz CT molecular complexity index is 543. The lowest BCUT2D eigenvalue weighted by molar-refractivity contribution is -0.116. The zero-order valence-electron chi connectivity index (χ0n) is 9.94. The second-order valence-electron chi connectivity index (χ2n) is 3.84. The van der Waals surface area contributed by atoms with Gasteiger partial charge in [-0.25, -0.2) is 13.6 Å². The molecule has 0 saturated carbocycles. The number of hydrogen-bond donors (Lipinski definition) is 2. The lowest BCUT2D eigenvalue weighted by atomic mass is 10.2. The molecule has 0 saturated heterocycles. The van der Waals surface area contributed by atoms with E-state index in [1.54, 1.807) is 0 Å². The highest BCUT2D eigenvalue weighted by Crippen LogP contribution is 2.24. The average molecular weight is 291 g/mol. The monoisotopic (exact) mass is 290 g/mol. The number of carbonyl (C=O) groups is 1. The molecule has 7 heteroatoms. The number of amides is 1. The first-order valence-electron chi connectivity index (χ1n) is 5.46. The van der Waals surface area contributed by atoms with E-state index in [1.165, 1.54) is 18.2 Å². The predicted octanol–water partition coefficient (Wildman–Crippen LogP) is 2.12. The molecular weight excluding hydrogens is 276 g/mol. The van der Waals surface area contributed by atoms with Crippen molar-refractivity contribution in [3.63, 3.8) is 0 Å². The van der Waals surface area contributed by atoms with Gasteiger partial charge < -0.3 is 5.32 Å². The van der Waals surface area contributed by atoms with E-state index in [-0.39, 0.29) is 15.8 Å². The van der Waals surface area contributed by atoms with Crippen LogP contribution in [0.3, 0.4) is 0 Å². The van der Waals surface area contributed by atoms with Gasteiger partial charge >= 0.3 is 0 Å². The fraction of sp³-hybridized carbons (Fsp3) is 0.364. The number of nitrogens with two attached hydrogens (primary N) is 1. The summed E-state index contributed by atoms with van der Waals surface area (Å²) >= 11 is 5.79. The van der Waals surface area contributed by atoms with Crippen molar-refractivity contribution in [2.45, 2.75) is 31.1 Å². The Kier molecular flexibility index (Phi) is 5.13. The van der Waals surface area contributed by atoms with Gasteiger partial charge in [-0.05, 0) is 24.6 Å². The number of unbranched alkanes of at least 4 members (excludes halogenated alkanes) is 1. The van der Waals surface area contributed by atoms with Crippen LogP contribution in [0.5, 0.6) is 0 Å². The molecule has 0 atom stereocenters. The van der Waals surface area contributed by atoms with E-state index in [2.05, 4.69) is 5.32 Å². The molecule has 0 bridgehead atoms. The number of halogens is 1. The summed E-state index contributed by atoms with van der Waals surface area (Å²) in [5, 5.41) is 7.60. The number of rotatable bonds is 5. The van der Waals surface area contributed by atoms with Gasteiger partial charge in [-0.2, -0.15) is 0 Å². The van der Waals surface area contributed by atoms with Crippen LogP contribution in [0.4, 0.5) is 5.69 Å². The van der Waals surface area contributed by atoms with Gasteiger partial charge in [-0.3, -0.25) is 4.79 Å². The van der Waals surface area contributed by atoms with Gasteiger partial charge in [-0.15, -0.1) is 0 Å². The molecule has 0 aliphatic carbocycles. The standard InChI is InChI=1S/C11H15ClN2O3S/c1-2-3-4-11(15)14-8-5-6-10(9(12)7-8)18(13,16)17/h5-7H,2-4H2,1H3,(H,14,15)(H2,13,16,17). The second kappa shape index (κ2) is 6.17. The highest BCUT2D eigenvalue weighted by atomic mass is 35.5. The minimum atomic E-state index is -3.84. The molecule has 18 heavy (non-hydrogen) atoms. The third kappa shape index (κ3) is 4.29. The fourth-order valence-electron chi connectivity index (χ4n) is 1.37. The molecule has 0 unspecified atom stereocenters. The van der Waals surface area contributed by atoms with Crippen LogP contribution in [0, 0.1) is 0 Å². The molecule has 0 aliphatic rings. The molecule has 1 rings (SSSR count). The summed E-state index contributed by atoms with van der Waals surface area (Å²) in [5.41, 5.74) is 0.452. The number of benzene rings is 1. The Balaban J connectivity index is 2.82. The van der Waals surface area contributed by atoms with E-state index in [0.717, 1.165) is 12.8 Å². The Morgan fingerprint density at radius 1 is 1.44 bits per heavy atom. The van der Waals surface area contributed by atoms with E-state index in [0.29, 0.717) is 12.1 Å².